The number of carbonyl (C=O) groups excluding carboxylic acids is 1. The first-order valence-corrected chi connectivity index (χ1v) is 8.18. The van der Waals surface area contributed by atoms with Gasteiger partial charge in [-0.1, -0.05) is 0 Å². The Balaban J connectivity index is 2.28. The van der Waals surface area contributed by atoms with Crippen molar-refractivity contribution in [2.24, 2.45) is 0 Å². The molecular formula is C10H10N2O3S3. The van der Waals surface area contributed by atoms with Crippen molar-refractivity contribution in [3.05, 3.63) is 33.1 Å². The summed E-state index contributed by atoms with van der Waals surface area (Å²) >= 11 is 2.38. The fourth-order valence-electron chi connectivity index (χ4n) is 1.38. The number of hydrogen-bond acceptors (Lipinski definition) is 6. The van der Waals surface area contributed by atoms with Crippen molar-refractivity contribution in [3.8, 4) is 0 Å². The summed E-state index contributed by atoms with van der Waals surface area (Å²) in [6, 6.07) is 1.57. The third-order valence-corrected chi connectivity index (χ3v) is 5.81. The number of carbonyl (C=O) groups is 1. The summed E-state index contributed by atoms with van der Waals surface area (Å²) < 4.78 is 26.2. The molecule has 0 bridgehead atoms. The third-order valence-electron chi connectivity index (χ3n) is 2.12. The molecule has 96 valence electrons. The summed E-state index contributed by atoms with van der Waals surface area (Å²) in [5.74, 6) is -0.623. The third kappa shape index (κ3) is 2.60. The van der Waals surface area contributed by atoms with Gasteiger partial charge >= 0.3 is 0 Å². The molecule has 0 aliphatic carbocycles. The molecule has 1 N–H and O–H groups in total. The Labute approximate surface area is 113 Å². The fraction of sp³-hybridized carbons (Fsp3) is 0.200. The van der Waals surface area contributed by atoms with Crippen LogP contribution in [0.2, 0.25) is 0 Å². The molecule has 0 atom stereocenters. The highest BCUT2D eigenvalue weighted by Crippen LogP contribution is 2.22. The Morgan fingerprint density at radius 2 is 2.11 bits per heavy atom. The first-order chi connectivity index (χ1) is 8.40. The van der Waals surface area contributed by atoms with E-state index in [9.17, 15) is 13.2 Å². The SMILES string of the molecule is Cc1nc(C)c(S(=O)(=O)NC(=O)c2ccsc2)s1. The Hall–Kier alpha value is -1.25. The van der Waals surface area contributed by atoms with Gasteiger partial charge in [0.1, 0.15) is 0 Å². The van der Waals surface area contributed by atoms with Crippen LogP contribution >= 0.6 is 22.7 Å². The molecule has 0 aliphatic heterocycles. The van der Waals surface area contributed by atoms with Crippen LogP contribution in [0.15, 0.2) is 21.0 Å². The van der Waals surface area contributed by atoms with Gasteiger partial charge in [-0.05, 0) is 25.3 Å². The second-order valence-electron chi connectivity index (χ2n) is 3.55. The largest absolute Gasteiger partial charge is 0.275 e. The second-order valence-corrected chi connectivity index (χ2v) is 7.41. The van der Waals surface area contributed by atoms with Crippen LogP contribution in [0.5, 0.6) is 0 Å². The first kappa shape index (κ1) is 13.2. The number of thiophene rings is 1. The lowest BCUT2D eigenvalue weighted by atomic mass is 10.3. The maximum atomic E-state index is 12.0. The Bertz CT molecular complexity index is 671. The molecule has 1 amide bonds. The zero-order valence-electron chi connectivity index (χ0n) is 9.63. The minimum atomic E-state index is -3.83. The quantitative estimate of drug-likeness (QED) is 0.940. The number of sulfonamides is 1. The van der Waals surface area contributed by atoms with E-state index in [0.717, 1.165) is 11.3 Å². The maximum Gasteiger partial charge on any atom is 0.275 e. The highest BCUT2D eigenvalue weighted by molar-refractivity contribution is 7.92. The number of nitrogens with one attached hydrogen (secondary N) is 1. The van der Waals surface area contributed by atoms with E-state index in [1.165, 1.54) is 11.3 Å². The molecule has 5 nitrogen and oxygen atoms in total. The van der Waals surface area contributed by atoms with E-state index < -0.39 is 15.9 Å². The van der Waals surface area contributed by atoms with Gasteiger partial charge in [0, 0.05) is 5.38 Å². The minimum Gasteiger partial charge on any atom is -0.268 e. The van der Waals surface area contributed by atoms with Gasteiger partial charge in [0.05, 0.1) is 16.3 Å². The average Bonchev–Trinajstić information content (AvgIpc) is 2.86. The smallest absolute Gasteiger partial charge is 0.268 e. The van der Waals surface area contributed by atoms with Crippen molar-refractivity contribution in [2.75, 3.05) is 0 Å². The second kappa shape index (κ2) is 4.79. The van der Waals surface area contributed by atoms with E-state index >= 15 is 0 Å². The molecule has 0 fully saturated rings. The summed E-state index contributed by atoms with van der Waals surface area (Å²) in [5.41, 5.74) is 0.741. The molecule has 8 heteroatoms. The molecule has 0 radical (unpaired) electrons. The molecule has 2 aromatic rings. The fourth-order valence-corrected chi connectivity index (χ4v) is 4.48. The van der Waals surface area contributed by atoms with Crippen molar-refractivity contribution in [2.45, 2.75) is 18.1 Å². The summed E-state index contributed by atoms with van der Waals surface area (Å²) in [5, 5.41) is 3.95. The van der Waals surface area contributed by atoms with Gasteiger partial charge in [-0.3, -0.25) is 4.79 Å². The van der Waals surface area contributed by atoms with Gasteiger partial charge in [-0.15, -0.1) is 11.3 Å². The lowest BCUT2D eigenvalue weighted by molar-refractivity contribution is 0.0982. The Kier molecular flexibility index (Phi) is 3.51. The highest BCUT2D eigenvalue weighted by Gasteiger charge is 2.23. The van der Waals surface area contributed by atoms with E-state index in [0.29, 0.717) is 16.3 Å². The molecule has 2 heterocycles. The molecule has 0 unspecified atom stereocenters. The number of amides is 1. The van der Waals surface area contributed by atoms with Gasteiger partial charge in [0.15, 0.2) is 4.21 Å². The van der Waals surface area contributed by atoms with Gasteiger partial charge in [0.25, 0.3) is 15.9 Å². The molecule has 0 spiro atoms. The molecule has 0 saturated carbocycles. The van der Waals surface area contributed by atoms with E-state index in [4.69, 9.17) is 0 Å². The molecule has 0 aliphatic rings. The van der Waals surface area contributed by atoms with E-state index in [-0.39, 0.29) is 4.21 Å². The topological polar surface area (TPSA) is 76.1 Å². The normalized spacial score (nSPS) is 11.4. The van der Waals surface area contributed by atoms with Crippen molar-refractivity contribution in [3.63, 3.8) is 0 Å². The molecule has 2 aromatic heterocycles. The van der Waals surface area contributed by atoms with Crippen molar-refractivity contribution in [1.82, 2.24) is 9.71 Å². The lowest BCUT2D eigenvalue weighted by Crippen LogP contribution is -2.30. The standard InChI is InChI=1S/C10H10N2O3S3/c1-6-10(17-7(2)11-6)18(14,15)12-9(13)8-3-4-16-5-8/h3-5H,1-2H3,(H,12,13). The highest BCUT2D eigenvalue weighted by atomic mass is 32.2. The van der Waals surface area contributed by atoms with E-state index in [2.05, 4.69) is 4.98 Å². The van der Waals surface area contributed by atoms with Gasteiger partial charge in [0.2, 0.25) is 0 Å². The molecule has 18 heavy (non-hydrogen) atoms. The molecular weight excluding hydrogens is 292 g/mol. The van der Waals surface area contributed by atoms with Gasteiger partial charge < -0.3 is 0 Å². The molecule has 2 rings (SSSR count). The van der Waals surface area contributed by atoms with E-state index in [1.807, 2.05) is 4.72 Å². The monoisotopic (exact) mass is 302 g/mol. The summed E-state index contributed by atoms with van der Waals surface area (Å²) in [4.78, 5) is 15.8. The van der Waals surface area contributed by atoms with Gasteiger partial charge in [-0.25, -0.2) is 18.1 Å². The predicted molar refractivity (Wildman–Crippen MR) is 70.6 cm³/mol. The van der Waals surface area contributed by atoms with Gasteiger partial charge in [-0.2, -0.15) is 11.3 Å². The van der Waals surface area contributed by atoms with Crippen LogP contribution < -0.4 is 4.72 Å². The van der Waals surface area contributed by atoms with Crippen LogP contribution in [0, 0.1) is 13.8 Å². The number of hydrogen-bond donors (Lipinski definition) is 1. The summed E-state index contributed by atoms with van der Waals surface area (Å²) in [6.07, 6.45) is 0. The van der Waals surface area contributed by atoms with Crippen molar-refractivity contribution in [1.29, 1.82) is 0 Å². The average molecular weight is 302 g/mol. The Morgan fingerprint density at radius 1 is 1.39 bits per heavy atom. The molecule has 0 aromatic carbocycles. The first-order valence-electron chi connectivity index (χ1n) is 4.93. The maximum absolute atomic E-state index is 12.0. The number of aromatic nitrogens is 1. The van der Waals surface area contributed by atoms with Crippen LogP contribution in [-0.4, -0.2) is 19.3 Å². The zero-order chi connectivity index (χ0) is 13.3. The number of aryl methyl sites for hydroxylation is 2. The summed E-state index contributed by atoms with van der Waals surface area (Å²) in [6.45, 7) is 3.32. The predicted octanol–water partition coefficient (Wildman–Crippen LogP) is 1.94. The van der Waals surface area contributed by atoms with Crippen molar-refractivity contribution < 1.29 is 13.2 Å². The summed E-state index contributed by atoms with van der Waals surface area (Å²) in [7, 11) is -3.83. The number of rotatable bonds is 3. The number of thiazole rings is 1. The minimum absolute atomic E-state index is 0.0866. The van der Waals surface area contributed by atoms with E-state index in [1.54, 1.807) is 30.7 Å². The lowest BCUT2D eigenvalue weighted by Gasteiger charge is -2.03. The zero-order valence-corrected chi connectivity index (χ0v) is 12.1. The van der Waals surface area contributed by atoms with Crippen LogP contribution in [0.1, 0.15) is 21.1 Å². The van der Waals surface area contributed by atoms with Crippen LogP contribution in [0.4, 0.5) is 0 Å². The molecule has 0 saturated heterocycles. The Morgan fingerprint density at radius 3 is 2.61 bits per heavy atom. The van der Waals surface area contributed by atoms with Crippen LogP contribution in [0.3, 0.4) is 0 Å². The van der Waals surface area contributed by atoms with Crippen molar-refractivity contribution >= 4 is 38.6 Å². The van der Waals surface area contributed by atoms with Crippen LogP contribution in [-0.2, 0) is 10.0 Å². The number of nitrogens with zero attached hydrogens (tertiary/aromatic N) is 1. The van der Waals surface area contributed by atoms with Crippen LogP contribution in [0.25, 0.3) is 0 Å².